The molecule has 4 heteroatoms. The van der Waals surface area contributed by atoms with Gasteiger partial charge in [-0.05, 0) is 38.3 Å². The van der Waals surface area contributed by atoms with Crippen LogP contribution in [0, 0.1) is 12.8 Å². The molecule has 1 unspecified atom stereocenters. The van der Waals surface area contributed by atoms with Crippen LogP contribution >= 0.6 is 0 Å². The highest BCUT2D eigenvalue weighted by atomic mass is 16.2. The molecule has 2 amide bonds. The van der Waals surface area contributed by atoms with Crippen LogP contribution < -0.4 is 10.6 Å². The van der Waals surface area contributed by atoms with Crippen molar-refractivity contribution in [1.29, 1.82) is 0 Å². The number of carbonyl (C=O) groups is 2. The number of rotatable bonds is 5. The summed E-state index contributed by atoms with van der Waals surface area (Å²) in [6.45, 7) is 9.52. The first kappa shape index (κ1) is 16.2. The Morgan fingerprint density at radius 3 is 2.10 bits per heavy atom. The minimum atomic E-state index is -0.524. The van der Waals surface area contributed by atoms with Crippen LogP contribution in [0.25, 0.3) is 0 Å². The first-order valence-electron chi connectivity index (χ1n) is 6.99. The van der Waals surface area contributed by atoms with Gasteiger partial charge in [-0.1, -0.05) is 32.0 Å². The fraction of sp³-hybridized carbons (Fsp3) is 0.500. The number of hydrogen-bond donors (Lipinski definition) is 2. The second-order valence-corrected chi connectivity index (χ2v) is 5.67. The van der Waals surface area contributed by atoms with Crippen molar-refractivity contribution in [3.8, 4) is 0 Å². The van der Waals surface area contributed by atoms with E-state index in [9.17, 15) is 9.59 Å². The van der Waals surface area contributed by atoms with Crippen molar-refractivity contribution >= 4 is 11.8 Å². The minimum absolute atomic E-state index is 0.0294. The van der Waals surface area contributed by atoms with Crippen molar-refractivity contribution in [2.24, 2.45) is 5.92 Å². The average molecular weight is 276 g/mol. The Labute approximate surface area is 121 Å². The number of aryl methyl sites for hydroxylation is 1. The van der Waals surface area contributed by atoms with E-state index in [4.69, 9.17) is 0 Å². The van der Waals surface area contributed by atoms with Crippen LogP contribution in [0.3, 0.4) is 0 Å². The Morgan fingerprint density at radius 1 is 1.00 bits per heavy atom. The van der Waals surface area contributed by atoms with Crippen LogP contribution in [0.5, 0.6) is 0 Å². The summed E-state index contributed by atoms with van der Waals surface area (Å²) in [5, 5.41) is 5.67. The Kier molecular flexibility index (Phi) is 5.74. The van der Waals surface area contributed by atoms with Gasteiger partial charge in [-0.2, -0.15) is 0 Å². The van der Waals surface area contributed by atoms with Crippen LogP contribution in [-0.2, 0) is 4.79 Å². The molecule has 0 aliphatic heterocycles. The molecule has 20 heavy (non-hydrogen) atoms. The second-order valence-electron chi connectivity index (χ2n) is 5.67. The zero-order valence-electron chi connectivity index (χ0n) is 12.9. The molecule has 0 aromatic heterocycles. The van der Waals surface area contributed by atoms with Crippen molar-refractivity contribution in [2.75, 3.05) is 0 Å². The summed E-state index contributed by atoms with van der Waals surface area (Å²) in [4.78, 5) is 24.4. The van der Waals surface area contributed by atoms with Gasteiger partial charge < -0.3 is 10.6 Å². The third-order valence-corrected chi connectivity index (χ3v) is 3.06. The molecule has 0 spiro atoms. The van der Waals surface area contributed by atoms with Gasteiger partial charge in [-0.25, -0.2) is 0 Å². The molecule has 0 saturated carbocycles. The van der Waals surface area contributed by atoms with E-state index in [-0.39, 0.29) is 23.8 Å². The van der Waals surface area contributed by atoms with Gasteiger partial charge in [0.05, 0.1) is 0 Å². The van der Waals surface area contributed by atoms with E-state index in [1.54, 1.807) is 6.07 Å². The molecule has 1 rings (SSSR count). The van der Waals surface area contributed by atoms with Gasteiger partial charge in [0, 0.05) is 11.6 Å². The first-order chi connectivity index (χ1) is 9.32. The van der Waals surface area contributed by atoms with Gasteiger partial charge in [-0.3, -0.25) is 9.59 Å². The topological polar surface area (TPSA) is 58.2 Å². The molecule has 1 atom stereocenters. The third kappa shape index (κ3) is 4.37. The summed E-state index contributed by atoms with van der Waals surface area (Å²) in [5.74, 6) is -0.320. The van der Waals surface area contributed by atoms with E-state index in [1.807, 2.05) is 52.8 Å². The van der Waals surface area contributed by atoms with E-state index in [1.165, 1.54) is 0 Å². The van der Waals surface area contributed by atoms with Gasteiger partial charge in [0.25, 0.3) is 5.91 Å². The lowest BCUT2D eigenvalue weighted by Gasteiger charge is -2.23. The summed E-state index contributed by atoms with van der Waals surface area (Å²) < 4.78 is 0. The van der Waals surface area contributed by atoms with E-state index < -0.39 is 6.04 Å². The van der Waals surface area contributed by atoms with Gasteiger partial charge in [-0.15, -0.1) is 0 Å². The van der Waals surface area contributed by atoms with Crippen molar-refractivity contribution in [3.05, 3.63) is 35.4 Å². The fourth-order valence-corrected chi connectivity index (χ4v) is 1.96. The molecule has 0 radical (unpaired) electrons. The molecule has 1 aromatic carbocycles. The molecule has 0 aliphatic carbocycles. The fourth-order valence-electron chi connectivity index (χ4n) is 1.96. The van der Waals surface area contributed by atoms with Gasteiger partial charge >= 0.3 is 0 Å². The predicted octanol–water partition coefficient (Wildman–Crippen LogP) is 2.27. The summed E-state index contributed by atoms with van der Waals surface area (Å²) in [6.07, 6.45) is 0. The lowest BCUT2D eigenvalue weighted by atomic mass is 10.0. The molecular weight excluding hydrogens is 252 g/mol. The summed E-state index contributed by atoms with van der Waals surface area (Å²) in [5.41, 5.74) is 1.51. The molecule has 4 nitrogen and oxygen atoms in total. The summed E-state index contributed by atoms with van der Waals surface area (Å²) in [6, 6.07) is 6.89. The number of carbonyl (C=O) groups excluding carboxylic acids is 2. The van der Waals surface area contributed by atoms with Crippen LogP contribution in [0.15, 0.2) is 24.3 Å². The Balaban J connectivity index is 2.84. The Hall–Kier alpha value is -1.84. The Morgan fingerprint density at radius 2 is 1.60 bits per heavy atom. The SMILES string of the molecule is Cc1ccccc1C(=O)NC(C(=O)NC(C)C)C(C)C. The van der Waals surface area contributed by atoms with Gasteiger partial charge in [0.2, 0.25) is 5.91 Å². The molecule has 0 aliphatic rings. The van der Waals surface area contributed by atoms with Gasteiger partial charge in [0.15, 0.2) is 0 Å². The van der Waals surface area contributed by atoms with Crippen LogP contribution in [0.2, 0.25) is 0 Å². The van der Waals surface area contributed by atoms with Crippen LogP contribution in [0.1, 0.15) is 43.6 Å². The molecule has 110 valence electrons. The standard InChI is InChI=1S/C16H24N2O2/c1-10(2)14(16(20)17-11(3)4)18-15(19)13-9-7-6-8-12(13)5/h6-11,14H,1-5H3,(H,17,20)(H,18,19). The van der Waals surface area contributed by atoms with Crippen LogP contribution in [-0.4, -0.2) is 23.9 Å². The van der Waals surface area contributed by atoms with Crippen molar-refractivity contribution in [1.82, 2.24) is 10.6 Å². The molecule has 0 saturated heterocycles. The number of benzene rings is 1. The lowest BCUT2D eigenvalue weighted by Crippen LogP contribution is -2.51. The molecule has 0 bridgehead atoms. The lowest BCUT2D eigenvalue weighted by molar-refractivity contribution is -0.124. The van der Waals surface area contributed by atoms with E-state index in [2.05, 4.69) is 10.6 Å². The maximum absolute atomic E-state index is 12.3. The second kappa shape index (κ2) is 7.08. The van der Waals surface area contributed by atoms with Crippen molar-refractivity contribution < 1.29 is 9.59 Å². The quantitative estimate of drug-likeness (QED) is 0.866. The van der Waals surface area contributed by atoms with E-state index in [0.717, 1.165) is 5.56 Å². The maximum atomic E-state index is 12.3. The molecular formula is C16H24N2O2. The number of amides is 2. The molecule has 2 N–H and O–H groups in total. The Bertz CT molecular complexity index is 481. The highest BCUT2D eigenvalue weighted by Gasteiger charge is 2.25. The number of hydrogen-bond acceptors (Lipinski definition) is 2. The molecule has 0 heterocycles. The molecule has 1 aromatic rings. The monoisotopic (exact) mass is 276 g/mol. The van der Waals surface area contributed by atoms with E-state index in [0.29, 0.717) is 5.56 Å². The highest BCUT2D eigenvalue weighted by molar-refractivity contribution is 5.98. The average Bonchev–Trinajstić information content (AvgIpc) is 2.34. The highest BCUT2D eigenvalue weighted by Crippen LogP contribution is 2.09. The summed E-state index contributed by atoms with van der Waals surface area (Å²) >= 11 is 0. The smallest absolute Gasteiger partial charge is 0.252 e. The maximum Gasteiger partial charge on any atom is 0.252 e. The normalized spacial score (nSPS) is 12.3. The predicted molar refractivity (Wildman–Crippen MR) is 80.5 cm³/mol. The number of nitrogens with one attached hydrogen (secondary N) is 2. The zero-order valence-corrected chi connectivity index (χ0v) is 12.9. The van der Waals surface area contributed by atoms with Crippen molar-refractivity contribution in [2.45, 2.75) is 46.7 Å². The van der Waals surface area contributed by atoms with Crippen LogP contribution in [0.4, 0.5) is 0 Å². The summed E-state index contributed by atoms with van der Waals surface area (Å²) in [7, 11) is 0. The zero-order chi connectivity index (χ0) is 15.3. The van der Waals surface area contributed by atoms with Crippen molar-refractivity contribution in [3.63, 3.8) is 0 Å². The first-order valence-corrected chi connectivity index (χ1v) is 6.99. The largest absolute Gasteiger partial charge is 0.352 e. The van der Waals surface area contributed by atoms with E-state index >= 15 is 0 Å². The van der Waals surface area contributed by atoms with Gasteiger partial charge in [0.1, 0.15) is 6.04 Å². The molecule has 0 fully saturated rings. The minimum Gasteiger partial charge on any atom is -0.352 e. The third-order valence-electron chi connectivity index (χ3n) is 3.06.